The van der Waals surface area contributed by atoms with Gasteiger partial charge in [0.15, 0.2) is 0 Å². The second-order valence-electron chi connectivity index (χ2n) is 6.24. The van der Waals surface area contributed by atoms with Gasteiger partial charge in [0.2, 0.25) is 5.91 Å². The smallest absolute Gasteiger partial charge is 0.265 e. The van der Waals surface area contributed by atoms with Gasteiger partial charge in [0.25, 0.3) is 5.91 Å². The molecule has 1 N–H and O–H groups in total. The van der Waals surface area contributed by atoms with Crippen LogP contribution in [0.3, 0.4) is 0 Å². The normalized spacial score (nSPS) is 15.4. The summed E-state index contributed by atoms with van der Waals surface area (Å²) in [5, 5.41) is 3.90. The van der Waals surface area contributed by atoms with Crippen LogP contribution in [0.25, 0.3) is 0 Å². The van der Waals surface area contributed by atoms with Crippen molar-refractivity contribution >= 4 is 23.2 Å². The fourth-order valence-corrected chi connectivity index (χ4v) is 3.99. The Balaban J connectivity index is 1.51. The van der Waals surface area contributed by atoms with Crippen LogP contribution < -0.4 is 5.32 Å². The van der Waals surface area contributed by atoms with Gasteiger partial charge in [-0.15, -0.1) is 11.3 Å². The Kier molecular flexibility index (Phi) is 5.53. The maximum absolute atomic E-state index is 12.7. The number of likely N-dealkylation sites (tertiary alicyclic amines) is 1. The third-order valence-corrected chi connectivity index (χ3v) is 5.80. The minimum atomic E-state index is -0.0484. The van der Waals surface area contributed by atoms with E-state index in [2.05, 4.69) is 10.3 Å². The number of rotatable bonds is 5. The zero-order valence-electron chi connectivity index (χ0n) is 14.6. The largest absolute Gasteiger partial charge is 0.467 e. The van der Waals surface area contributed by atoms with Crippen molar-refractivity contribution in [3.63, 3.8) is 0 Å². The number of aromatic nitrogens is 1. The molecule has 0 atom stereocenters. The molecule has 3 heterocycles. The number of hydrogen-bond acceptors (Lipinski definition) is 5. The molecule has 2 aromatic heterocycles. The van der Waals surface area contributed by atoms with Gasteiger partial charge in [0.1, 0.15) is 10.6 Å². The Bertz CT molecular complexity index is 731. The molecule has 1 aliphatic rings. The van der Waals surface area contributed by atoms with E-state index in [1.54, 1.807) is 12.3 Å². The van der Waals surface area contributed by atoms with Gasteiger partial charge >= 0.3 is 0 Å². The molecule has 0 aromatic carbocycles. The van der Waals surface area contributed by atoms with Crippen molar-refractivity contribution in [1.29, 1.82) is 0 Å². The Morgan fingerprint density at radius 3 is 2.76 bits per heavy atom. The van der Waals surface area contributed by atoms with Gasteiger partial charge in [-0.05, 0) is 38.3 Å². The van der Waals surface area contributed by atoms with Gasteiger partial charge in [-0.1, -0.05) is 6.92 Å². The average molecular weight is 361 g/mol. The first-order chi connectivity index (χ1) is 12.1. The lowest BCUT2D eigenvalue weighted by Crippen LogP contribution is -2.42. The highest BCUT2D eigenvalue weighted by atomic mass is 32.1. The molecule has 0 bridgehead atoms. The van der Waals surface area contributed by atoms with Gasteiger partial charge in [-0.25, -0.2) is 4.98 Å². The van der Waals surface area contributed by atoms with Gasteiger partial charge in [0, 0.05) is 19.0 Å². The van der Waals surface area contributed by atoms with Crippen LogP contribution in [0.15, 0.2) is 22.8 Å². The molecule has 134 valence electrons. The molecule has 6 nitrogen and oxygen atoms in total. The summed E-state index contributed by atoms with van der Waals surface area (Å²) in [6.07, 6.45) is 3.82. The molecular formula is C18H23N3O3S. The van der Waals surface area contributed by atoms with Crippen LogP contribution >= 0.6 is 11.3 Å². The first-order valence-corrected chi connectivity index (χ1v) is 9.45. The quantitative estimate of drug-likeness (QED) is 0.888. The molecular weight excluding hydrogens is 338 g/mol. The summed E-state index contributed by atoms with van der Waals surface area (Å²) >= 11 is 1.48. The number of piperidine rings is 1. The Morgan fingerprint density at radius 1 is 1.40 bits per heavy atom. The van der Waals surface area contributed by atoms with Crippen molar-refractivity contribution in [3.05, 3.63) is 39.7 Å². The summed E-state index contributed by atoms with van der Waals surface area (Å²) in [6.45, 7) is 5.55. The van der Waals surface area contributed by atoms with E-state index in [1.165, 1.54) is 11.3 Å². The van der Waals surface area contributed by atoms with Crippen molar-refractivity contribution < 1.29 is 14.0 Å². The maximum Gasteiger partial charge on any atom is 0.265 e. The second-order valence-corrected chi connectivity index (χ2v) is 7.32. The van der Waals surface area contributed by atoms with E-state index < -0.39 is 0 Å². The lowest BCUT2D eigenvalue weighted by Gasteiger charge is -2.31. The molecule has 0 aliphatic carbocycles. The third-order valence-electron chi connectivity index (χ3n) is 4.51. The fourth-order valence-electron chi connectivity index (χ4n) is 3.02. The number of carbonyl (C=O) groups excluding carboxylic acids is 2. The van der Waals surface area contributed by atoms with Crippen LogP contribution in [0.5, 0.6) is 0 Å². The third kappa shape index (κ3) is 4.10. The number of furan rings is 1. The summed E-state index contributed by atoms with van der Waals surface area (Å²) in [5.41, 5.74) is 0.810. The first kappa shape index (κ1) is 17.7. The number of thiazole rings is 1. The van der Waals surface area contributed by atoms with Crippen LogP contribution in [0.1, 0.15) is 45.9 Å². The Labute approximate surface area is 151 Å². The summed E-state index contributed by atoms with van der Waals surface area (Å²) in [6, 6.07) is 3.64. The van der Waals surface area contributed by atoms with Crippen molar-refractivity contribution in [3.8, 4) is 0 Å². The number of aryl methyl sites for hydroxylation is 2. The van der Waals surface area contributed by atoms with E-state index in [4.69, 9.17) is 4.42 Å². The number of nitrogens with zero attached hydrogens (tertiary/aromatic N) is 2. The molecule has 0 radical (unpaired) electrons. The lowest BCUT2D eigenvalue weighted by atomic mass is 9.95. The van der Waals surface area contributed by atoms with Crippen LogP contribution in [0.2, 0.25) is 0 Å². The van der Waals surface area contributed by atoms with Crippen molar-refractivity contribution in [2.75, 3.05) is 13.1 Å². The minimum absolute atomic E-state index is 0.0331. The monoisotopic (exact) mass is 361 g/mol. The lowest BCUT2D eigenvalue weighted by molar-refractivity contribution is -0.126. The van der Waals surface area contributed by atoms with Crippen molar-refractivity contribution in [2.45, 2.75) is 39.7 Å². The molecule has 1 aliphatic heterocycles. The highest BCUT2D eigenvalue weighted by Gasteiger charge is 2.29. The Morgan fingerprint density at radius 2 is 2.16 bits per heavy atom. The van der Waals surface area contributed by atoms with E-state index in [0.717, 1.165) is 27.8 Å². The summed E-state index contributed by atoms with van der Waals surface area (Å²) in [7, 11) is 0. The zero-order valence-corrected chi connectivity index (χ0v) is 15.4. The van der Waals surface area contributed by atoms with Gasteiger partial charge in [0.05, 0.1) is 23.5 Å². The molecule has 2 amide bonds. The van der Waals surface area contributed by atoms with E-state index in [9.17, 15) is 9.59 Å². The predicted octanol–water partition coefficient (Wildman–Crippen LogP) is 2.78. The molecule has 0 unspecified atom stereocenters. The number of carbonyl (C=O) groups is 2. The molecule has 0 saturated carbocycles. The van der Waals surface area contributed by atoms with Crippen LogP contribution in [0, 0.1) is 12.8 Å². The predicted molar refractivity (Wildman–Crippen MR) is 95.4 cm³/mol. The number of nitrogens with one attached hydrogen (secondary N) is 1. The molecule has 1 saturated heterocycles. The SMILES string of the molecule is CCc1nc(C)c(C(=O)N2CCC(C(=O)NCc3ccco3)CC2)s1. The maximum atomic E-state index is 12.7. The van der Waals surface area contributed by atoms with Gasteiger partial charge in [-0.3, -0.25) is 9.59 Å². The molecule has 1 fully saturated rings. The molecule has 25 heavy (non-hydrogen) atoms. The average Bonchev–Trinajstić information content (AvgIpc) is 3.28. The highest BCUT2D eigenvalue weighted by Crippen LogP contribution is 2.24. The Hall–Kier alpha value is -2.15. The number of amides is 2. The second kappa shape index (κ2) is 7.82. The van der Waals surface area contributed by atoms with Crippen LogP contribution in [-0.2, 0) is 17.8 Å². The topological polar surface area (TPSA) is 75.4 Å². The summed E-state index contributed by atoms with van der Waals surface area (Å²) in [5.74, 6) is 0.774. The van der Waals surface area contributed by atoms with Crippen LogP contribution in [-0.4, -0.2) is 34.8 Å². The zero-order chi connectivity index (χ0) is 17.8. The van der Waals surface area contributed by atoms with E-state index in [-0.39, 0.29) is 17.7 Å². The van der Waals surface area contributed by atoms with E-state index >= 15 is 0 Å². The van der Waals surface area contributed by atoms with Crippen molar-refractivity contribution in [2.24, 2.45) is 5.92 Å². The standard InChI is InChI=1S/C18H23N3O3S/c1-3-15-20-12(2)16(25-15)18(23)21-8-6-13(7-9-21)17(22)19-11-14-5-4-10-24-14/h4-5,10,13H,3,6-9,11H2,1-2H3,(H,19,22). The van der Waals surface area contributed by atoms with Crippen molar-refractivity contribution in [1.82, 2.24) is 15.2 Å². The molecule has 3 rings (SSSR count). The molecule has 0 spiro atoms. The first-order valence-electron chi connectivity index (χ1n) is 8.64. The fraction of sp³-hybridized carbons (Fsp3) is 0.500. The van der Waals surface area contributed by atoms with E-state index in [0.29, 0.717) is 32.5 Å². The van der Waals surface area contributed by atoms with Crippen LogP contribution in [0.4, 0.5) is 0 Å². The van der Waals surface area contributed by atoms with E-state index in [1.807, 2.05) is 24.8 Å². The summed E-state index contributed by atoms with van der Waals surface area (Å²) < 4.78 is 5.22. The van der Waals surface area contributed by atoms with Gasteiger partial charge < -0.3 is 14.6 Å². The molecule has 7 heteroatoms. The molecule has 2 aromatic rings. The highest BCUT2D eigenvalue weighted by molar-refractivity contribution is 7.13. The summed E-state index contributed by atoms with van der Waals surface area (Å²) in [4.78, 5) is 32.0. The van der Waals surface area contributed by atoms with Gasteiger partial charge in [-0.2, -0.15) is 0 Å². The number of hydrogen-bond donors (Lipinski definition) is 1. The minimum Gasteiger partial charge on any atom is -0.467 e.